The highest BCUT2D eigenvalue weighted by Crippen LogP contribution is 2.26. The molecule has 3 atom stereocenters. The van der Waals surface area contributed by atoms with Crippen molar-refractivity contribution < 1.29 is 23.9 Å². The second kappa shape index (κ2) is 10.1. The topological polar surface area (TPSA) is 155 Å². The number of nitrogens with two attached hydrogens (primary N) is 1. The van der Waals surface area contributed by atoms with Crippen LogP contribution in [-0.4, -0.2) is 54.4 Å². The van der Waals surface area contributed by atoms with Crippen molar-refractivity contribution in [3.8, 4) is 5.75 Å². The molecule has 10 nitrogen and oxygen atoms in total. The highest BCUT2D eigenvalue weighted by atomic mass is 16.5. The van der Waals surface area contributed by atoms with Crippen molar-refractivity contribution in [1.29, 1.82) is 0 Å². The molecule has 6 N–H and O–H groups in total. The van der Waals surface area contributed by atoms with Gasteiger partial charge in [-0.25, -0.2) is 0 Å². The summed E-state index contributed by atoms with van der Waals surface area (Å²) < 4.78 is 5.35. The summed E-state index contributed by atoms with van der Waals surface area (Å²) in [5, 5.41) is 8.89. The Bertz CT molecular complexity index is 1090. The van der Waals surface area contributed by atoms with Gasteiger partial charge in [0, 0.05) is 23.4 Å². The number of aromatic amines is 1. The molecule has 1 aliphatic rings. The number of aromatic nitrogens is 1. The van der Waals surface area contributed by atoms with Crippen molar-refractivity contribution in [2.24, 2.45) is 17.1 Å². The maximum atomic E-state index is 13.2. The maximum Gasteiger partial charge on any atom is 0.268 e. The predicted octanol–water partition coefficient (Wildman–Crippen LogP) is 1.21. The summed E-state index contributed by atoms with van der Waals surface area (Å²) in [6.07, 6.45) is 1.01. The van der Waals surface area contributed by atoms with E-state index in [1.165, 1.54) is 0 Å². The Morgan fingerprint density at radius 2 is 1.94 bits per heavy atom. The lowest BCUT2D eigenvalue weighted by Crippen LogP contribution is -2.54. The molecular formula is C24H33N5O5. The van der Waals surface area contributed by atoms with Gasteiger partial charge in [-0.3, -0.25) is 19.2 Å². The first kappa shape index (κ1) is 25.1. The monoisotopic (exact) mass is 471 g/mol. The van der Waals surface area contributed by atoms with E-state index in [2.05, 4.69) is 20.9 Å². The summed E-state index contributed by atoms with van der Waals surface area (Å²) in [5.74, 6) is -1.65. The van der Waals surface area contributed by atoms with Crippen LogP contribution in [0, 0.1) is 11.3 Å². The summed E-state index contributed by atoms with van der Waals surface area (Å²) in [4.78, 5) is 53.2. The molecule has 0 radical (unpaired) electrons. The van der Waals surface area contributed by atoms with Crippen LogP contribution in [0.2, 0.25) is 0 Å². The number of carbonyl (C=O) groups is 4. The lowest BCUT2D eigenvalue weighted by Gasteiger charge is -2.27. The minimum Gasteiger partial charge on any atom is -0.496 e. The molecule has 184 valence electrons. The molecule has 0 bridgehead atoms. The van der Waals surface area contributed by atoms with Crippen molar-refractivity contribution in [2.75, 3.05) is 13.7 Å². The standard InChI is InChI=1S/C24H33N5O5/c1-24(2,3)12-18(23(33)28-16(20(25)30)10-13-8-9-26-21(13)31)29-22(32)17-11-14-15(27-17)6-5-7-19(14)34-4/h5-7,11,13,16,18,27H,8-10,12H2,1-4H3,(H2,25,30)(H,26,31)(H,28,33)(H,29,32)/t13-,16?,18?/m0/s1. The third-order valence-corrected chi connectivity index (χ3v) is 5.87. The molecule has 2 aromatic rings. The number of H-pyrrole nitrogens is 1. The zero-order valence-corrected chi connectivity index (χ0v) is 20.0. The number of rotatable bonds is 9. The van der Waals surface area contributed by atoms with Crippen LogP contribution in [-0.2, 0) is 14.4 Å². The van der Waals surface area contributed by atoms with Crippen molar-refractivity contribution in [1.82, 2.24) is 20.9 Å². The quantitative estimate of drug-likeness (QED) is 0.372. The SMILES string of the molecule is COc1cccc2[nH]c(C(=O)NC(CC(C)(C)C)C(=O)NC(C[C@@H]3CCNC3=O)C(N)=O)cc12. The third-order valence-electron chi connectivity index (χ3n) is 5.87. The van der Waals surface area contributed by atoms with Gasteiger partial charge in [0.1, 0.15) is 23.5 Å². The van der Waals surface area contributed by atoms with Crippen LogP contribution >= 0.6 is 0 Å². The molecule has 3 rings (SSSR count). The van der Waals surface area contributed by atoms with Crippen LogP contribution in [0.1, 0.15) is 50.5 Å². The summed E-state index contributed by atoms with van der Waals surface area (Å²) in [6.45, 7) is 6.37. The van der Waals surface area contributed by atoms with Crippen molar-refractivity contribution in [3.63, 3.8) is 0 Å². The maximum absolute atomic E-state index is 13.2. The van der Waals surface area contributed by atoms with E-state index in [1.54, 1.807) is 19.2 Å². The Balaban J connectivity index is 1.77. The van der Waals surface area contributed by atoms with Gasteiger partial charge in [-0.1, -0.05) is 26.8 Å². The number of primary amides is 1. The zero-order valence-electron chi connectivity index (χ0n) is 20.0. The van der Waals surface area contributed by atoms with Gasteiger partial charge >= 0.3 is 0 Å². The van der Waals surface area contributed by atoms with Crippen molar-refractivity contribution >= 4 is 34.5 Å². The fourth-order valence-corrected chi connectivity index (χ4v) is 4.16. The van der Waals surface area contributed by atoms with Crippen LogP contribution in [0.5, 0.6) is 5.75 Å². The minimum absolute atomic E-state index is 0.116. The summed E-state index contributed by atoms with van der Waals surface area (Å²) in [5.41, 5.74) is 6.21. The van der Waals surface area contributed by atoms with Crippen molar-refractivity contribution in [3.05, 3.63) is 30.0 Å². The van der Waals surface area contributed by atoms with Crippen molar-refractivity contribution in [2.45, 2.75) is 52.1 Å². The van der Waals surface area contributed by atoms with Gasteiger partial charge in [0.15, 0.2) is 0 Å². The number of amides is 4. The zero-order chi connectivity index (χ0) is 25.0. The molecule has 1 saturated heterocycles. The number of ether oxygens (including phenoxy) is 1. The lowest BCUT2D eigenvalue weighted by molar-refractivity contribution is -0.130. The molecule has 1 aliphatic heterocycles. The average Bonchev–Trinajstić information content (AvgIpc) is 3.37. The second-order valence-corrected chi connectivity index (χ2v) is 9.87. The Morgan fingerprint density at radius 3 is 2.53 bits per heavy atom. The first-order valence-electron chi connectivity index (χ1n) is 11.3. The van der Waals surface area contributed by atoms with E-state index in [4.69, 9.17) is 10.5 Å². The van der Waals surface area contributed by atoms with Crippen LogP contribution in [0.3, 0.4) is 0 Å². The van der Waals surface area contributed by atoms with E-state index in [-0.39, 0.29) is 23.4 Å². The number of fused-ring (bicyclic) bond motifs is 1. The molecular weight excluding hydrogens is 438 g/mol. The smallest absolute Gasteiger partial charge is 0.268 e. The summed E-state index contributed by atoms with van der Waals surface area (Å²) in [7, 11) is 1.55. The number of hydrogen-bond donors (Lipinski definition) is 5. The third kappa shape index (κ3) is 6.06. The molecule has 0 spiro atoms. The van der Waals surface area contributed by atoms with Gasteiger partial charge in [-0.2, -0.15) is 0 Å². The second-order valence-electron chi connectivity index (χ2n) is 9.87. The molecule has 4 amide bonds. The first-order chi connectivity index (χ1) is 16.0. The van der Waals surface area contributed by atoms with Gasteiger partial charge in [0.2, 0.25) is 17.7 Å². The fraction of sp³-hybridized carbons (Fsp3) is 0.500. The predicted molar refractivity (Wildman–Crippen MR) is 127 cm³/mol. The van der Waals surface area contributed by atoms with Crippen LogP contribution < -0.4 is 26.4 Å². The molecule has 1 fully saturated rings. The molecule has 2 unspecified atom stereocenters. The average molecular weight is 472 g/mol. The number of benzene rings is 1. The summed E-state index contributed by atoms with van der Waals surface area (Å²) >= 11 is 0. The Hall–Kier alpha value is -3.56. The largest absolute Gasteiger partial charge is 0.496 e. The normalized spacial score (nSPS) is 17.6. The van der Waals surface area contributed by atoms with Gasteiger partial charge in [-0.05, 0) is 42.9 Å². The molecule has 0 saturated carbocycles. The number of nitrogens with one attached hydrogen (secondary N) is 4. The van der Waals surface area contributed by atoms with Gasteiger partial charge < -0.3 is 31.4 Å². The first-order valence-corrected chi connectivity index (χ1v) is 11.3. The van der Waals surface area contributed by atoms with Crippen LogP contribution in [0.25, 0.3) is 10.9 Å². The molecule has 2 heterocycles. The van der Waals surface area contributed by atoms with Gasteiger partial charge in [0.05, 0.1) is 7.11 Å². The molecule has 0 aliphatic carbocycles. The van der Waals surface area contributed by atoms with Crippen LogP contribution in [0.4, 0.5) is 0 Å². The van der Waals surface area contributed by atoms with E-state index in [9.17, 15) is 19.2 Å². The van der Waals surface area contributed by atoms with Crippen LogP contribution in [0.15, 0.2) is 24.3 Å². The molecule has 34 heavy (non-hydrogen) atoms. The minimum atomic E-state index is -1.02. The van der Waals surface area contributed by atoms with E-state index in [0.29, 0.717) is 25.1 Å². The Morgan fingerprint density at radius 1 is 1.21 bits per heavy atom. The molecule has 1 aromatic carbocycles. The van der Waals surface area contributed by atoms with Gasteiger partial charge in [-0.15, -0.1) is 0 Å². The molecule has 10 heteroatoms. The Kier molecular flexibility index (Phi) is 7.48. The number of methoxy groups -OCH3 is 1. The van der Waals surface area contributed by atoms with Gasteiger partial charge in [0.25, 0.3) is 5.91 Å². The highest BCUT2D eigenvalue weighted by molar-refractivity contribution is 6.01. The van der Waals surface area contributed by atoms with E-state index < -0.39 is 35.7 Å². The summed E-state index contributed by atoms with van der Waals surface area (Å²) in [6, 6.07) is 5.16. The highest BCUT2D eigenvalue weighted by Gasteiger charge is 2.33. The van der Waals surface area contributed by atoms with E-state index in [0.717, 1.165) is 10.9 Å². The van der Waals surface area contributed by atoms with E-state index >= 15 is 0 Å². The number of hydrogen-bond acceptors (Lipinski definition) is 5. The Labute approximate surface area is 198 Å². The molecule has 1 aromatic heterocycles. The number of carbonyl (C=O) groups excluding carboxylic acids is 4. The fourth-order valence-electron chi connectivity index (χ4n) is 4.16. The lowest BCUT2D eigenvalue weighted by atomic mass is 9.87. The van der Waals surface area contributed by atoms with E-state index in [1.807, 2.05) is 32.9 Å².